The molecule has 2 atom stereocenters. The Bertz CT molecular complexity index is 371. The first-order valence-corrected chi connectivity index (χ1v) is 6.57. The molecule has 1 heterocycles. The SMILES string of the molecule is CCNC(C)c1nnnn1C1CCCC1(C)C. The third kappa shape index (κ3) is 2.34. The molecule has 96 valence electrons. The number of nitrogens with one attached hydrogen (secondary N) is 1. The van der Waals surface area contributed by atoms with Crippen LogP contribution in [0.2, 0.25) is 0 Å². The highest BCUT2D eigenvalue weighted by Crippen LogP contribution is 2.45. The second-order valence-corrected chi connectivity index (χ2v) is 5.66. The second-order valence-electron chi connectivity index (χ2n) is 5.66. The minimum Gasteiger partial charge on any atom is -0.308 e. The number of nitrogens with zero attached hydrogens (tertiary/aromatic N) is 4. The summed E-state index contributed by atoms with van der Waals surface area (Å²) in [6.07, 6.45) is 3.71. The van der Waals surface area contributed by atoms with Gasteiger partial charge in [0.1, 0.15) is 0 Å². The van der Waals surface area contributed by atoms with E-state index < -0.39 is 0 Å². The summed E-state index contributed by atoms with van der Waals surface area (Å²) in [7, 11) is 0. The zero-order valence-corrected chi connectivity index (χ0v) is 11.3. The summed E-state index contributed by atoms with van der Waals surface area (Å²) in [4.78, 5) is 0. The van der Waals surface area contributed by atoms with Crippen molar-refractivity contribution in [2.24, 2.45) is 5.41 Å². The van der Waals surface area contributed by atoms with E-state index in [4.69, 9.17) is 0 Å². The highest BCUT2D eigenvalue weighted by Gasteiger charge is 2.38. The third-order valence-electron chi connectivity index (χ3n) is 3.91. The molecule has 1 aliphatic rings. The molecule has 1 saturated carbocycles. The van der Waals surface area contributed by atoms with E-state index in [9.17, 15) is 0 Å². The van der Waals surface area contributed by atoms with E-state index in [1.54, 1.807) is 0 Å². The maximum Gasteiger partial charge on any atom is 0.168 e. The maximum absolute atomic E-state index is 4.21. The molecule has 0 saturated heterocycles. The topological polar surface area (TPSA) is 55.6 Å². The van der Waals surface area contributed by atoms with Crippen LogP contribution in [0.5, 0.6) is 0 Å². The lowest BCUT2D eigenvalue weighted by Crippen LogP contribution is -2.28. The minimum atomic E-state index is 0.214. The third-order valence-corrected chi connectivity index (χ3v) is 3.91. The first-order chi connectivity index (χ1) is 8.06. The Balaban J connectivity index is 2.24. The fraction of sp³-hybridized carbons (Fsp3) is 0.917. The second kappa shape index (κ2) is 4.72. The molecule has 0 bridgehead atoms. The van der Waals surface area contributed by atoms with Crippen LogP contribution in [0.3, 0.4) is 0 Å². The highest BCUT2D eigenvalue weighted by atomic mass is 15.6. The van der Waals surface area contributed by atoms with Crippen LogP contribution in [0.4, 0.5) is 0 Å². The number of aromatic nitrogens is 4. The van der Waals surface area contributed by atoms with Crippen LogP contribution in [0.1, 0.15) is 64.9 Å². The van der Waals surface area contributed by atoms with E-state index in [0.717, 1.165) is 12.4 Å². The summed E-state index contributed by atoms with van der Waals surface area (Å²) in [5.74, 6) is 0.965. The van der Waals surface area contributed by atoms with Gasteiger partial charge < -0.3 is 5.32 Å². The normalized spacial score (nSPS) is 25.1. The molecule has 0 spiro atoms. The Morgan fingerprint density at radius 2 is 2.29 bits per heavy atom. The summed E-state index contributed by atoms with van der Waals surface area (Å²) in [5, 5.41) is 15.6. The molecule has 5 heteroatoms. The lowest BCUT2D eigenvalue weighted by atomic mass is 9.87. The van der Waals surface area contributed by atoms with Gasteiger partial charge in [-0.05, 0) is 42.2 Å². The number of hydrogen-bond donors (Lipinski definition) is 1. The summed E-state index contributed by atoms with van der Waals surface area (Å²) in [5.41, 5.74) is 0.302. The zero-order valence-electron chi connectivity index (χ0n) is 11.3. The summed E-state index contributed by atoms with van der Waals surface area (Å²) < 4.78 is 2.04. The van der Waals surface area contributed by atoms with Gasteiger partial charge >= 0.3 is 0 Å². The van der Waals surface area contributed by atoms with Crippen LogP contribution in [0.25, 0.3) is 0 Å². The van der Waals surface area contributed by atoms with E-state index >= 15 is 0 Å². The van der Waals surface area contributed by atoms with Crippen molar-refractivity contribution in [2.75, 3.05) is 6.54 Å². The molecular formula is C12H23N5. The van der Waals surface area contributed by atoms with E-state index in [1.807, 2.05) is 4.68 Å². The Labute approximate surface area is 103 Å². The molecule has 1 aromatic heterocycles. The molecule has 0 amide bonds. The predicted molar refractivity (Wildman–Crippen MR) is 66.6 cm³/mol. The van der Waals surface area contributed by atoms with Gasteiger partial charge in [-0.1, -0.05) is 27.2 Å². The molecule has 2 unspecified atom stereocenters. The zero-order chi connectivity index (χ0) is 12.5. The lowest BCUT2D eigenvalue weighted by molar-refractivity contribution is 0.231. The standard InChI is InChI=1S/C12H23N5/c1-5-13-9(2)11-14-15-16-17(11)10-7-6-8-12(10,3)4/h9-10,13H,5-8H2,1-4H3. The molecule has 2 rings (SSSR count). The van der Waals surface area contributed by atoms with Gasteiger partial charge in [0.2, 0.25) is 0 Å². The van der Waals surface area contributed by atoms with Gasteiger partial charge in [0.05, 0.1) is 12.1 Å². The molecule has 1 fully saturated rings. The van der Waals surface area contributed by atoms with Gasteiger partial charge in [-0.3, -0.25) is 0 Å². The van der Waals surface area contributed by atoms with Gasteiger partial charge in [-0.15, -0.1) is 5.10 Å². The van der Waals surface area contributed by atoms with Gasteiger partial charge in [0.25, 0.3) is 0 Å². The Hall–Kier alpha value is -0.970. The average Bonchev–Trinajstić information content (AvgIpc) is 2.83. The fourth-order valence-corrected chi connectivity index (χ4v) is 2.87. The van der Waals surface area contributed by atoms with E-state index in [-0.39, 0.29) is 6.04 Å². The van der Waals surface area contributed by atoms with Crippen molar-refractivity contribution in [1.82, 2.24) is 25.5 Å². The Kier molecular flexibility index (Phi) is 3.47. The van der Waals surface area contributed by atoms with Crippen molar-refractivity contribution in [2.45, 2.75) is 59.0 Å². The molecule has 0 radical (unpaired) electrons. The van der Waals surface area contributed by atoms with Crippen LogP contribution in [-0.4, -0.2) is 26.8 Å². The first-order valence-electron chi connectivity index (χ1n) is 6.57. The predicted octanol–water partition coefficient (Wildman–Crippen LogP) is 2.09. The van der Waals surface area contributed by atoms with Gasteiger partial charge in [0, 0.05) is 0 Å². The van der Waals surface area contributed by atoms with E-state index in [1.165, 1.54) is 19.3 Å². The van der Waals surface area contributed by atoms with Crippen molar-refractivity contribution >= 4 is 0 Å². The number of hydrogen-bond acceptors (Lipinski definition) is 4. The maximum atomic E-state index is 4.21. The van der Waals surface area contributed by atoms with Gasteiger partial charge in [-0.25, -0.2) is 4.68 Å². The van der Waals surface area contributed by atoms with Crippen molar-refractivity contribution in [1.29, 1.82) is 0 Å². The van der Waals surface area contributed by atoms with Gasteiger partial charge in [0.15, 0.2) is 5.82 Å². The monoisotopic (exact) mass is 237 g/mol. The van der Waals surface area contributed by atoms with Crippen LogP contribution in [0, 0.1) is 5.41 Å². The minimum absolute atomic E-state index is 0.214. The molecule has 17 heavy (non-hydrogen) atoms. The number of tetrazole rings is 1. The number of rotatable bonds is 4. The highest BCUT2D eigenvalue weighted by molar-refractivity contribution is 4.97. The average molecular weight is 237 g/mol. The van der Waals surface area contributed by atoms with Crippen LogP contribution >= 0.6 is 0 Å². The Morgan fingerprint density at radius 1 is 1.53 bits per heavy atom. The first kappa shape index (κ1) is 12.5. The molecule has 0 aliphatic heterocycles. The van der Waals surface area contributed by atoms with Crippen molar-refractivity contribution in [3.05, 3.63) is 5.82 Å². The molecule has 1 aliphatic carbocycles. The largest absolute Gasteiger partial charge is 0.308 e. The molecule has 5 nitrogen and oxygen atoms in total. The summed E-state index contributed by atoms with van der Waals surface area (Å²) in [6, 6.07) is 0.653. The van der Waals surface area contributed by atoms with Crippen LogP contribution in [0.15, 0.2) is 0 Å². The van der Waals surface area contributed by atoms with Crippen molar-refractivity contribution in [3.8, 4) is 0 Å². The van der Waals surface area contributed by atoms with Gasteiger partial charge in [-0.2, -0.15) is 0 Å². The smallest absolute Gasteiger partial charge is 0.168 e. The summed E-state index contributed by atoms with van der Waals surface area (Å²) >= 11 is 0. The fourth-order valence-electron chi connectivity index (χ4n) is 2.87. The van der Waals surface area contributed by atoms with Crippen molar-refractivity contribution < 1.29 is 0 Å². The molecule has 0 aromatic carbocycles. The van der Waals surface area contributed by atoms with E-state index in [2.05, 4.69) is 48.5 Å². The summed E-state index contributed by atoms with van der Waals surface area (Å²) in [6.45, 7) is 9.78. The van der Waals surface area contributed by atoms with Crippen LogP contribution in [-0.2, 0) is 0 Å². The molecule has 1 aromatic rings. The van der Waals surface area contributed by atoms with Crippen molar-refractivity contribution in [3.63, 3.8) is 0 Å². The quantitative estimate of drug-likeness (QED) is 0.871. The molecule has 1 N–H and O–H groups in total. The Morgan fingerprint density at radius 3 is 2.88 bits per heavy atom. The lowest BCUT2D eigenvalue weighted by Gasteiger charge is -2.28. The van der Waals surface area contributed by atoms with E-state index in [0.29, 0.717) is 11.5 Å². The van der Waals surface area contributed by atoms with Crippen LogP contribution < -0.4 is 5.32 Å². The molecular weight excluding hydrogens is 214 g/mol.